The average Bonchev–Trinajstić information content (AvgIpc) is 1.41. The SMILES string of the molecule is O=S(=O)([O-])[O-].O=S(=O)([O-])[O-].O=S(=O)([O-])[O-].[Fe+3].[Fe+3].[MgH2]. The smallest absolute Gasteiger partial charge is 0.759 e. The molecular formula is H2Fe2MgO12S3. The first-order valence-electron chi connectivity index (χ1n) is 2.00. The summed E-state index contributed by atoms with van der Waals surface area (Å²) in [6.45, 7) is 0. The molecule has 0 saturated heterocycles. The summed E-state index contributed by atoms with van der Waals surface area (Å²) in [6.07, 6.45) is 0. The van der Waals surface area contributed by atoms with Crippen molar-refractivity contribution in [2.75, 3.05) is 0 Å². The van der Waals surface area contributed by atoms with Gasteiger partial charge in [-0.05, 0) is 0 Å². The molecule has 0 aliphatic heterocycles. The minimum absolute atomic E-state index is 0. The first kappa shape index (κ1) is 36.6. The Bertz CT molecular complexity index is 346. The van der Waals surface area contributed by atoms with Crippen LogP contribution in [0.2, 0.25) is 0 Å². The summed E-state index contributed by atoms with van der Waals surface area (Å²) in [4.78, 5) is 0. The van der Waals surface area contributed by atoms with Crippen LogP contribution in [0, 0.1) is 0 Å². The van der Waals surface area contributed by atoms with Crippen LogP contribution in [0.1, 0.15) is 0 Å². The van der Waals surface area contributed by atoms with E-state index in [1.54, 1.807) is 0 Å². The maximum atomic E-state index is 8.52. The largest absolute Gasteiger partial charge is 3.00 e. The Morgan fingerprint density at radius 3 is 0.444 bits per heavy atom. The molecule has 0 atom stereocenters. The van der Waals surface area contributed by atoms with Crippen molar-refractivity contribution < 1.29 is 86.7 Å². The van der Waals surface area contributed by atoms with Gasteiger partial charge in [0, 0.05) is 31.2 Å². The standard InChI is InChI=1S/2Fe.Mg.3H2O4S.2H/c;;;3*1-5(2,3)4;;/h;;;3*(H2,1,2,3,4);;/q2*+3;;;;;;/p-6. The molecule has 0 heterocycles. The van der Waals surface area contributed by atoms with Crippen molar-refractivity contribution >= 4 is 54.2 Å². The van der Waals surface area contributed by atoms with Gasteiger partial charge < -0.3 is 27.3 Å². The molecule has 0 rings (SSSR count). The third kappa shape index (κ3) is 2340. The maximum Gasteiger partial charge on any atom is 3.00 e. The molecule has 0 aliphatic rings. The normalized spacial score (nSPS) is 9.67. The first-order valence-corrected chi connectivity index (χ1v) is 6.00. The van der Waals surface area contributed by atoms with Crippen LogP contribution in [0.3, 0.4) is 0 Å². The molecule has 0 N–H and O–H groups in total. The minimum atomic E-state index is -5.17. The molecule has 0 aromatic carbocycles. The fraction of sp³-hybridized carbons (Fsp3) is 0. The van der Waals surface area contributed by atoms with E-state index in [1.165, 1.54) is 0 Å². The van der Waals surface area contributed by atoms with Gasteiger partial charge in [0.05, 0.1) is 0 Å². The van der Waals surface area contributed by atoms with Crippen molar-refractivity contribution in [1.82, 2.24) is 0 Å². The van der Waals surface area contributed by atoms with Gasteiger partial charge in [-0.25, -0.2) is 0 Å². The number of rotatable bonds is 0. The van der Waals surface area contributed by atoms with Gasteiger partial charge in [-0.1, -0.05) is 0 Å². The zero-order chi connectivity index (χ0) is 13.5. The van der Waals surface area contributed by atoms with Crippen LogP contribution in [-0.4, -0.2) is 75.6 Å². The molecule has 18 heteroatoms. The Hall–Kier alpha value is 1.42. The summed E-state index contributed by atoms with van der Waals surface area (Å²) >= 11 is 0. The van der Waals surface area contributed by atoms with Crippen molar-refractivity contribution in [3.63, 3.8) is 0 Å². The summed E-state index contributed by atoms with van der Waals surface area (Å²) in [6, 6.07) is 0. The maximum absolute atomic E-state index is 8.52. The molecule has 0 aromatic rings. The second-order valence-corrected chi connectivity index (χ2v) is 3.67. The van der Waals surface area contributed by atoms with E-state index in [-0.39, 0.29) is 57.2 Å². The average molecular weight is 426 g/mol. The molecule has 0 fully saturated rings. The second-order valence-electron chi connectivity index (χ2n) is 1.22. The van der Waals surface area contributed by atoms with Gasteiger partial charge in [0.2, 0.25) is 0 Å². The minimum Gasteiger partial charge on any atom is -0.759 e. The molecule has 18 heavy (non-hydrogen) atoms. The summed E-state index contributed by atoms with van der Waals surface area (Å²) in [7, 11) is -15.5. The van der Waals surface area contributed by atoms with Gasteiger partial charge >= 0.3 is 57.2 Å². The van der Waals surface area contributed by atoms with Crippen LogP contribution in [0.5, 0.6) is 0 Å². The van der Waals surface area contributed by atoms with Gasteiger partial charge in [0.1, 0.15) is 0 Å². The van der Waals surface area contributed by atoms with Gasteiger partial charge in [0.15, 0.2) is 0 Å². The first-order chi connectivity index (χ1) is 6.00. The van der Waals surface area contributed by atoms with E-state index in [0.29, 0.717) is 0 Å². The van der Waals surface area contributed by atoms with Crippen LogP contribution < -0.4 is 0 Å². The fourth-order valence-electron chi connectivity index (χ4n) is 0. The van der Waals surface area contributed by atoms with Gasteiger partial charge in [-0.15, -0.1) is 0 Å². The van der Waals surface area contributed by atoms with E-state index in [2.05, 4.69) is 0 Å². The van der Waals surface area contributed by atoms with Crippen LogP contribution in [0.15, 0.2) is 0 Å². The Morgan fingerprint density at radius 1 is 0.444 bits per heavy atom. The predicted molar refractivity (Wildman–Crippen MR) is 40.0 cm³/mol. The molecule has 110 valence electrons. The number of hydrogen-bond donors (Lipinski definition) is 0. The zero-order valence-electron chi connectivity index (χ0n) is 6.83. The van der Waals surface area contributed by atoms with Crippen LogP contribution in [0.4, 0.5) is 0 Å². The molecule has 0 aromatic heterocycles. The molecule has 0 unspecified atom stereocenters. The third-order valence-corrected chi connectivity index (χ3v) is 0. The van der Waals surface area contributed by atoms with Crippen LogP contribution in [0.25, 0.3) is 0 Å². The van der Waals surface area contributed by atoms with Gasteiger partial charge in [-0.2, -0.15) is 0 Å². The quantitative estimate of drug-likeness (QED) is 0.201. The molecule has 0 saturated carbocycles. The van der Waals surface area contributed by atoms with Crippen molar-refractivity contribution in [3.05, 3.63) is 0 Å². The van der Waals surface area contributed by atoms with Crippen molar-refractivity contribution in [1.29, 1.82) is 0 Å². The molecule has 12 nitrogen and oxygen atoms in total. The number of hydrogen-bond acceptors (Lipinski definition) is 12. The van der Waals surface area contributed by atoms with Gasteiger partial charge in [-0.3, -0.25) is 25.3 Å². The molecular weight excluding hydrogens is 424 g/mol. The fourth-order valence-corrected chi connectivity index (χ4v) is 0. The van der Waals surface area contributed by atoms with E-state index in [9.17, 15) is 0 Å². The predicted octanol–water partition coefficient (Wildman–Crippen LogP) is -4.94. The third-order valence-electron chi connectivity index (χ3n) is 0. The summed E-state index contributed by atoms with van der Waals surface area (Å²) in [5.41, 5.74) is 0. The Balaban J connectivity index is -0.0000000277. The summed E-state index contributed by atoms with van der Waals surface area (Å²) in [5.74, 6) is 0. The second kappa shape index (κ2) is 14.8. The molecule has 0 aliphatic carbocycles. The van der Waals surface area contributed by atoms with Crippen LogP contribution in [-0.2, 0) is 65.3 Å². The van der Waals surface area contributed by atoms with Crippen LogP contribution >= 0.6 is 0 Å². The van der Waals surface area contributed by atoms with E-state index < -0.39 is 31.2 Å². The molecule has 0 bridgehead atoms. The Morgan fingerprint density at radius 2 is 0.444 bits per heavy atom. The van der Waals surface area contributed by atoms with Crippen molar-refractivity contribution in [2.45, 2.75) is 0 Å². The van der Waals surface area contributed by atoms with E-state index >= 15 is 0 Å². The zero-order valence-corrected chi connectivity index (χ0v) is 11.5. The molecule has 2 radical (unpaired) electrons. The Kier molecular flexibility index (Phi) is 30.1. The van der Waals surface area contributed by atoms with E-state index in [1.807, 2.05) is 0 Å². The molecule has 0 spiro atoms. The topological polar surface area (TPSA) is 241 Å². The van der Waals surface area contributed by atoms with Gasteiger partial charge in [0.25, 0.3) is 0 Å². The van der Waals surface area contributed by atoms with E-state index in [0.717, 1.165) is 0 Å². The monoisotopic (exact) mass is 426 g/mol. The van der Waals surface area contributed by atoms with Crippen molar-refractivity contribution in [2.24, 2.45) is 0 Å². The van der Waals surface area contributed by atoms with E-state index in [4.69, 9.17) is 52.6 Å². The van der Waals surface area contributed by atoms with Crippen molar-refractivity contribution in [3.8, 4) is 0 Å². The molecule has 0 amide bonds. The summed E-state index contributed by atoms with van der Waals surface area (Å²) in [5, 5.41) is 0. The Labute approximate surface area is 140 Å². The summed E-state index contributed by atoms with van der Waals surface area (Å²) < 4.78 is 102.